The first-order valence-electron chi connectivity index (χ1n) is 7.74. The molecule has 0 aliphatic rings. The highest BCUT2D eigenvalue weighted by Crippen LogP contribution is 2.24. The molecule has 0 unspecified atom stereocenters. The Morgan fingerprint density at radius 1 is 1.17 bits per heavy atom. The lowest BCUT2D eigenvalue weighted by atomic mass is 9.87. The molecule has 1 N–H and O–H groups in total. The van der Waals surface area contributed by atoms with Gasteiger partial charge < -0.3 is 10.1 Å². The van der Waals surface area contributed by atoms with Gasteiger partial charge in [0, 0.05) is 4.47 Å². The van der Waals surface area contributed by atoms with Crippen molar-refractivity contribution < 1.29 is 13.9 Å². The third-order valence-electron chi connectivity index (χ3n) is 3.52. The number of hydrogen-bond acceptors (Lipinski definition) is 2. The maximum atomic E-state index is 13.7. The monoisotopic (exact) mass is 393 g/mol. The van der Waals surface area contributed by atoms with E-state index in [1.807, 2.05) is 24.3 Å². The highest BCUT2D eigenvalue weighted by atomic mass is 79.9. The van der Waals surface area contributed by atoms with Crippen molar-refractivity contribution in [3.8, 4) is 5.75 Å². The molecule has 2 aromatic carbocycles. The van der Waals surface area contributed by atoms with Crippen LogP contribution in [0.25, 0.3) is 0 Å². The molecule has 1 amide bonds. The van der Waals surface area contributed by atoms with Gasteiger partial charge in [-0.25, -0.2) is 4.39 Å². The van der Waals surface area contributed by atoms with Gasteiger partial charge in [-0.3, -0.25) is 4.79 Å². The van der Waals surface area contributed by atoms with Gasteiger partial charge in [0.05, 0.1) is 18.7 Å². The lowest BCUT2D eigenvalue weighted by Gasteiger charge is -2.19. The summed E-state index contributed by atoms with van der Waals surface area (Å²) in [5.41, 5.74) is 1.48. The van der Waals surface area contributed by atoms with Gasteiger partial charge >= 0.3 is 0 Å². The van der Waals surface area contributed by atoms with E-state index < -0.39 is 5.82 Å². The van der Waals surface area contributed by atoms with E-state index in [4.69, 9.17) is 4.74 Å². The third kappa shape index (κ3) is 5.34. The van der Waals surface area contributed by atoms with Crippen molar-refractivity contribution in [3.05, 3.63) is 58.3 Å². The molecule has 5 heteroatoms. The Bertz CT molecular complexity index is 708. The zero-order valence-electron chi connectivity index (χ0n) is 14.0. The maximum Gasteiger partial charge on any atom is 0.227 e. The fourth-order valence-corrected chi connectivity index (χ4v) is 2.45. The van der Waals surface area contributed by atoms with Crippen molar-refractivity contribution in [2.75, 3.05) is 11.9 Å². The second-order valence-corrected chi connectivity index (χ2v) is 7.46. The van der Waals surface area contributed by atoms with Crippen LogP contribution in [0.1, 0.15) is 32.8 Å². The van der Waals surface area contributed by atoms with Gasteiger partial charge in [-0.05, 0) is 41.3 Å². The average molecular weight is 394 g/mol. The van der Waals surface area contributed by atoms with Crippen LogP contribution < -0.4 is 10.1 Å². The van der Waals surface area contributed by atoms with Crippen molar-refractivity contribution in [3.63, 3.8) is 0 Å². The van der Waals surface area contributed by atoms with Gasteiger partial charge in [0.1, 0.15) is 11.6 Å². The molecular formula is C19H21BrFNO2. The van der Waals surface area contributed by atoms with Crippen LogP contribution in [0, 0.1) is 5.82 Å². The molecule has 2 rings (SSSR count). The van der Waals surface area contributed by atoms with E-state index >= 15 is 0 Å². The number of ether oxygens (including phenoxy) is 1. The van der Waals surface area contributed by atoms with E-state index in [9.17, 15) is 9.18 Å². The molecule has 0 aromatic heterocycles. The number of hydrogen-bond donors (Lipinski definition) is 1. The first-order chi connectivity index (χ1) is 11.3. The van der Waals surface area contributed by atoms with E-state index in [0.717, 1.165) is 0 Å². The first-order valence-corrected chi connectivity index (χ1v) is 8.53. The number of halogens is 2. The number of anilines is 1. The quantitative estimate of drug-likeness (QED) is 0.748. The molecule has 3 nitrogen and oxygen atoms in total. The van der Waals surface area contributed by atoms with E-state index in [1.165, 1.54) is 17.7 Å². The van der Waals surface area contributed by atoms with Crippen LogP contribution in [-0.2, 0) is 10.2 Å². The molecule has 0 fully saturated rings. The predicted octanol–water partition coefficient (Wildman–Crippen LogP) is 5.29. The topological polar surface area (TPSA) is 38.3 Å². The van der Waals surface area contributed by atoms with Gasteiger partial charge in [-0.15, -0.1) is 0 Å². The summed E-state index contributed by atoms with van der Waals surface area (Å²) in [6.45, 7) is 6.68. The number of rotatable bonds is 5. The standard InChI is InChI=1S/C19H21BrFNO2/c1-19(2,3)13-4-7-15(8-5-13)24-11-10-18(23)22-17-9-6-14(20)12-16(17)21/h4-9,12H,10-11H2,1-3H3,(H,22,23). The second-order valence-electron chi connectivity index (χ2n) is 6.55. The summed E-state index contributed by atoms with van der Waals surface area (Å²) in [6, 6.07) is 12.3. The van der Waals surface area contributed by atoms with Gasteiger partial charge in [-0.1, -0.05) is 48.8 Å². The number of amides is 1. The molecular weight excluding hydrogens is 373 g/mol. The van der Waals surface area contributed by atoms with Crippen LogP contribution in [0.3, 0.4) is 0 Å². The summed E-state index contributed by atoms with van der Waals surface area (Å²) in [5, 5.41) is 2.54. The SMILES string of the molecule is CC(C)(C)c1ccc(OCCC(=O)Nc2ccc(Br)cc2F)cc1. The largest absolute Gasteiger partial charge is 0.493 e. The highest BCUT2D eigenvalue weighted by Gasteiger charge is 2.13. The summed E-state index contributed by atoms with van der Waals surface area (Å²) in [6.07, 6.45) is 0.149. The minimum absolute atomic E-state index is 0.0904. The Hall–Kier alpha value is -1.88. The molecule has 0 saturated carbocycles. The predicted molar refractivity (Wildman–Crippen MR) is 98.0 cm³/mol. The summed E-state index contributed by atoms with van der Waals surface area (Å²) in [5.74, 6) is -0.0513. The second kappa shape index (κ2) is 7.79. The van der Waals surface area contributed by atoms with Gasteiger partial charge in [-0.2, -0.15) is 0 Å². The molecule has 2 aromatic rings. The Morgan fingerprint density at radius 2 is 1.83 bits per heavy atom. The van der Waals surface area contributed by atoms with Crippen LogP contribution in [-0.4, -0.2) is 12.5 Å². The summed E-state index contributed by atoms with van der Waals surface area (Å²) in [7, 11) is 0. The van der Waals surface area contributed by atoms with Gasteiger partial charge in [0.2, 0.25) is 5.91 Å². The smallest absolute Gasteiger partial charge is 0.227 e. The van der Waals surface area contributed by atoms with Crippen molar-refractivity contribution in [1.29, 1.82) is 0 Å². The van der Waals surface area contributed by atoms with E-state index in [1.54, 1.807) is 6.07 Å². The zero-order valence-corrected chi connectivity index (χ0v) is 15.6. The fraction of sp³-hybridized carbons (Fsp3) is 0.316. The van der Waals surface area contributed by atoms with Crippen LogP contribution in [0.4, 0.5) is 10.1 Å². The number of carbonyl (C=O) groups excluding carboxylic acids is 1. The molecule has 0 bridgehead atoms. The van der Waals surface area contributed by atoms with Crippen LogP contribution in [0.2, 0.25) is 0 Å². The molecule has 0 atom stereocenters. The minimum Gasteiger partial charge on any atom is -0.493 e. The van der Waals surface area contributed by atoms with E-state index in [2.05, 4.69) is 42.0 Å². The van der Waals surface area contributed by atoms with Crippen LogP contribution in [0.5, 0.6) is 5.75 Å². The van der Waals surface area contributed by atoms with Crippen LogP contribution >= 0.6 is 15.9 Å². The molecule has 0 aliphatic carbocycles. The summed E-state index contributed by atoms with van der Waals surface area (Å²) < 4.78 is 19.9. The van der Waals surface area contributed by atoms with E-state index in [-0.39, 0.29) is 30.0 Å². The lowest BCUT2D eigenvalue weighted by molar-refractivity contribution is -0.116. The molecule has 0 heterocycles. The first kappa shape index (κ1) is 18.5. The average Bonchev–Trinajstić information content (AvgIpc) is 2.50. The van der Waals surface area contributed by atoms with E-state index in [0.29, 0.717) is 10.2 Å². The van der Waals surface area contributed by atoms with Crippen molar-refractivity contribution in [1.82, 2.24) is 0 Å². The number of nitrogens with one attached hydrogen (secondary N) is 1. The Labute approximate surface area is 150 Å². The van der Waals surface area contributed by atoms with Gasteiger partial charge in [0.25, 0.3) is 0 Å². The maximum absolute atomic E-state index is 13.7. The van der Waals surface area contributed by atoms with Gasteiger partial charge in [0.15, 0.2) is 0 Å². The minimum atomic E-state index is -0.476. The molecule has 24 heavy (non-hydrogen) atoms. The lowest BCUT2D eigenvalue weighted by Crippen LogP contribution is -2.16. The zero-order chi connectivity index (χ0) is 17.7. The molecule has 128 valence electrons. The molecule has 0 aliphatic heterocycles. The Kier molecular flexibility index (Phi) is 5.99. The summed E-state index contributed by atoms with van der Waals surface area (Å²) in [4.78, 5) is 11.9. The van der Waals surface area contributed by atoms with Crippen molar-refractivity contribution in [2.45, 2.75) is 32.6 Å². The summed E-state index contributed by atoms with van der Waals surface area (Å²) >= 11 is 3.17. The Morgan fingerprint density at radius 3 is 2.42 bits per heavy atom. The molecule has 0 saturated heterocycles. The number of benzene rings is 2. The third-order valence-corrected chi connectivity index (χ3v) is 4.02. The van der Waals surface area contributed by atoms with Crippen LogP contribution in [0.15, 0.2) is 46.9 Å². The molecule has 0 spiro atoms. The molecule has 0 radical (unpaired) electrons. The van der Waals surface area contributed by atoms with Crippen molar-refractivity contribution in [2.24, 2.45) is 0 Å². The van der Waals surface area contributed by atoms with Crippen molar-refractivity contribution >= 4 is 27.5 Å². The Balaban J connectivity index is 1.82. The fourth-order valence-electron chi connectivity index (χ4n) is 2.12. The number of carbonyl (C=O) groups is 1. The highest BCUT2D eigenvalue weighted by molar-refractivity contribution is 9.10. The normalized spacial score (nSPS) is 11.2.